The van der Waals surface area contributed by atoms with Crippen LogP contribution in [0.5, 0.6) is 0 Å². The van der Waals surface area contributed by atoms with Crippen LogP contribution in [-0.4, -0.2) is 15.9 Å². The van der Waals surface area contributed by atoms with Gasteiger partial charge in [0.05, 0.1) is 11.0 Å². The number of nitrogens with one attached hydrogen (secondary N) is 2. The molecule has 0 fully saturated rings. The van der Waals surface area contributed by atoms with Gasteiger partial charge in [0.15, 0.2) is 0 Å². The maximum absolute atomic E-state index is 11.2. The summed E-state index contributed by atoms with van der Waals surface area (Å²) in [6.45, 7) is 3.47. The second kappa shape index (κ2) is 5.97. The molecule has 21 heavy (non-hydrogen) atoms. The summed E-state index contributed by atoms with van der Waals surface area (Å²) in [4.78, 5) is 19.1. The fraction of sp³-hybridized carbons (Fsp3) is 0.125. The molecule has 2 N–H and O–H groups in total. The highest BCUT2D eigenvalue weighted by Gasteiger charge is 2.07. The van der Waals surface area contributed by atoms with Gasteiger partial charge in [0.1, 0.15) is 5.82 Å². The molecule has 2 aromatic carbocycles. The molecule has 0 aliphatic carbocycles. The van der Waals surface area contributed by atoms with Crippen molar-refractivity contribution in [1.29, 1.82) is 0 Å². The summed E-state index contributed by atoms with van der Waals surface area (Å²) >= 11 is 0. The van der Waals surface area contributed by atoms with E-state index in [0.29, 0.717) is 0 Å². The zero-order chi connectivity index (χ0) is 14.1. The van der Waals surface area contributed by atoms with E-state index in [1.54, 1.807) is 0 Å². The van der Waals surface area contributed by atoms with E-state index in [4.69, 9.17) is 0 Å². The van der Waals surface area contributed by atoms with Gasteiger partial charge < -0.3 is 10.3 Å². The van der Waals surface area contributed by atoms with E-state index in [1.165, 1.54) is 6.92 Å². The molecule has 3 rings (SSSR count). The van der Waals surface area contributed by atoms with E-state index >= 15 is 0 Å². The first-order valence-corrected chi connectivity index (χ1v) is 6.47. The monoisotopic (exact) mass is 301 g/mol. The molecule has 5 heteroatoms. The maximum Gasteiger partial charge on any atom is 0.221 e. The largest absolute Gasteiger partial charge is 0.338 e. The third-order valence-electron chi connectivity index (χ3n) is 3.21. The number of anilines is 1. The third-order valence-corrected chi connectivity index (χ3v) is 3.21. The second-order valence-corrected chi connectivity index (χ2v) is 4.81. The molecule has 4 nitrogen and oxygen atoms in total. The normalized spacial score (nSPS) is 10.2. The van der Waals surface area contributed by atoms with Crippen molar-refractivity contribution in [3.8, 4) is 11.4 Å². The van der Waals surface area contributed by atoms with Gasteiger partial charge in [-0.2, -0.15) is 0 Å². The number of amides is 1. The van der Waals surface area contributed by atoms with Gasteiger partial charge in [-0.15, -0.1) is 12.4 Å². The van der Waals surface area contributed by atoms with E-state index in [-0.39, 0.29) is 18.3 Å². The lowest BCUT2D eigenvalue weighted by Crippen LogP contribution is -2.07. The SMILES string of the molecule is CC(=O)Nc1cc(-c2nc3ccccc3[nH]2)ccc1C.Cl. The van der Waals surface area contributed by atoms with E-state index < -0.39 is 0 Å². The molecule has 0 saturated heterocycles. The van der Waals surface area contributed by atoms with Crippen molar-refractivity contribution in [3.05, 3.63) is 48.0 Å². The molecule has 0 saturated carbocycles. The number of para-hydroxylation sites is 2. The van der Waals surface area contributed by atoms with Crippen molar-refractivity contribution in [3.63, 3.8) is 0 Å². The van der Waals surface area contributed by atoms with Crippen LogP contribution >= 0.6 is 12.4 Å². The van der Waals surface area contributed by atoms with E-state index in [2.05, 4.69) is 15.3 Å². The van der Waals surface area contributed by atoms with Gasteiger partial charge in [0, 0.05) is 18.2 Å². The van der Waals surface area contributed by atoms with Crippen molar-refractivity contribution < 1.29 is 4.79 Å². The molecule has 0 unspecified atom stereocenters. The lowest BCUT2D eigenvalue weighted by Gasteiger charge is -2.07. The first-order valence-electron chi connectivity index (χ1n) is 6.47. The number of halogens is 1. The Morgan fingerprint density at radius 2 is 1.95 bits per heavy atom. The number of benzene rings is 2. The topological polar surface area (TPSA) is 57.8 Å². The van der Waals surface area contributed by atoms with E-state index in [9.17, 15) is 4.79 Å². The molecule has 0 radical (unpaired) electrons. The minimum atomic E-state index is -0.0742. The molecule has 1 heterocycles. The lowest BCUT2D eigenvalue weighted by atomic mass is 10.1. The average Bonchev–Trinajstić information content (AvgIpc) is 2.84. The van der Waals surface area contributed by atoms with Crippen LogP contribution in [0.3, 0.4) is 0 Å². The maximum atomic E-state index is 11.2. The second-order valence-electron chi connectivity index (χ2n) is 4.81. The van der Waals surface area contributed by atoms with Crippen molar-refractivity contribution >= 4 is 35.0 Å². The van der Waals surface area contributed by atoms with Crippen molar-refractivity contribution in [1.82, 2.24) is 9.97 Å². The number of H-pyrrole nitrogens is 1. The Labute approximate surface area is 129 Å². The highest BCUT2D eigenvalue weighted by molar-refractivity contribution is 5.90. The number of aromatic nitrogens is 2. The summed E-state index contributed by atoms with van der Waals surface area (Å²) in [5.41, 5.74) is 4.74. The number of hydrogen-bond acceptors (Lipinski definition) is 2. The minimum absolute atomic E-state index is 0. The number of fused-ring (bicyclic) bond motifs is 1. The fourth-order valence-corrected chi connectivity index (χ4v) is 2.18. The number of aromatic amines is 1. The van der Waals surface area contributed by atoms with Gasteiger partial charge in [-0.05, 0) is 30.7 Å². The van der Waals surface area contributed by atoms with Crippen LogP contribution in [0.1, 0.15) is 12.5 Å². The lowest BCUT2D eigenvalue weighted by molar-refractivity contribution is -0.114. The summed E-state index contributed by atoms with van der Waals surface area (Å²) in [6, 6.07) is 13.8. The van der Waals surface area contributed by atoms with Gasteiger partial charge in [-0.25, -0.2) is 4.98 Å². The molecular weight excluding hydrogens is 286 g/mol. The molecule has 0 spiro atoms. The number of rotatable bonds is 2. The summed E-state index contributed by atoms with van der Waals surface area (Å²) in [7, 11) is 0. The number of aryl methyl sites for hydroxylation is 1. The summed E-state index contributed by atoms with van der Waals surface area (Å²) in [5, 5.41) is 2.84. The van der Waals surface area contributed by atoms with E-state index in [0.717, 1.165) is 33.7 Å². The minimum Gasteiger partial charge on any atom is -0.338 e. The molecule has 0 aliphatic heterocycles. The fourth-order valence-electron chi connectivity index (χ4n) is 2.18. The zero-order valence-corrected chi connectivity index (χ0v) is 12.6. The van der Waals surface area contributed by atoms with Crippen LogP contribution in [0.25, 0.3) is 22.4 Å². The number of imidazole rings is 1. The van der Waals surface area contributed by atoms with Crippen LogP contribution in [-0.2, 0) is 4.79 Å². The first-order chi connectivity index (χ1) is 9.63. The summed E-state index contributed by atoms with van der Waals surface area (Å²) in [6.07, 6.45) is 0. The molecule has 108 valence electrons. The highest BCUT2D eigenvalue weighted by atomic mass is 35.5. The van der Waals surface area contributed by atoms with Crippen LogP contribution in [0.4, 0.5) is 5.69 Å². The van der Waals surface area contributed by atoms with Crippen LogP contribution < -0.4 is 5.32 Å². The molecule has 3 aromatic rings. The molecule has 1 amide bonds. The quantitative estimate of drug-likeness (QED) is 0.754. The van der Waals surface area contributed by atoms with Crippen molar-refractivity contribution in [2.24, 2.45) is 0 Å². The summed E-state index contributed by atoms with van der Waals surface area (Å²) in [5.74, 6) is 0.729. The number of carbonyl (C=O) groups is 1. The third kappa shape index (κ3) is 3.06. The molecule has 1 aromatic heterocycles. The molecule has 0 aliphatic rings. The van der Waals surface area contributed by atoms with Crippen LogP contribution in [0, 0.1) is 6.92 Å². The molecule has 0 bridgehead atoms. The van der Waals surface area contributed by atoms with E-state index in [1.807, 2.05) is 49.4 Å². The van der Waals surface area contributed by atoms with Gasteiger partial charge in [-0.3, -0.25) is 4.79 Å². The number of carbonyl (C=O) groups excluding carboxylic acids is 1. The smallest absolute Gasteiger partial charge is 0.221 e. The summed E-state index contributed by atoms with van der Waals surface area (Å²) < 4.78 is 0. The van der Waals surface area contributed by atoms with Crippen molar-refractivity contribution in [2.45, 2.75) is 13.8 Å². The molecular formula is C16H16ClN3O. The Bertz CT molecular complexity index is 762. The van der Waals surface area contributed by atoms with Crippen LogP contribution in [0.15, 0.2) is 42.5 Å². The Balaban J connectivity index is 0.00000161. The number of nitrogens with zero attached hydrogens (tertiary/aromatic N) is 1. The Morgan fingerprint density at radius 1 is 1.19 bits per heavy atom. The Hall–Kier alpha value is -2.33. The predicted octanol–water partition coefficient (Wildman–Crippen LogP) is 3.92. The van der Waals surface area contributed by atoms with Crippen molar-refractivity contribution in [2.75, 3.05) is 5.32 Å². The van der Waals surface area contributed by atoms with Gasteiger partial charge in [-0.1, -0.05) is 24.3 Å². The van der Waals surface area contributed by atoms with Gasteiger partial charge >= 0.3 is 0 Å². The first kappa shape index (κ1) is 15.1. The predicted molar refractivity (Wildman–Crippen MR) is 87.8 cm³/mol. The number of hydrogen-bond donors (Lipinski definition) is 2. The molecule has 0 atom stereocenters. The average molecular weight is 302 g/mol. The standard InChI is InChI=1S/C16H15N3O.ClH/c1-10-7-8-12(9-15(10)17-11(2)20)16-18-13-5-3-4-6-14(13)19-16;/h3-9H,1-2H3,(H,17,20)(H,18,19);1H. The Morgan fingerprint density at radius 3 is 2.67 bits per heavy atom. The van der Waals surface area contributed by atoms with Gasteiger partial charge in [0.2, 0.25) is 5.91 Å². The Kier molecular flexibility index (Phi) is 4.29. The van der Waals surface area contributed by atoms with Gasteiger partial charge in [0.25, 0.3) is 0 Å². The zero-order valence-electron chi connectivity index (χ0n) is 11.8. The highest BCUT2D eigenvalue weighted by Crippen LogP contribution is 2.25. The van der Waals surface area contributed by atoms with Crippen LogP contribution in [0.2, 0.25) is 0 Å².